The molecule has 34 heavy (non-hydrogen) atoms. The van der Waals surface area contributed by atoms with E-state index in [9.17, 15) is 9.59 Å². The van der Waals surface area contributed by atoms with Crippen LogP contribution >= 0.6 is 11.8 Å². The maximum absolute atomic E-state index is 12.7. The van der Waals surface area contributed by atoms with E-state index in [1.165, 1.54) is 11.8 Å². The molecule has 174 valence electrons. The van der Waals surface area contributed by atoms with E-state index in [2.05, 4.69) is 10.6 Å². The lowest BCUT2D eigenvalue weighted by Gasteiger charge is -2.19. The zero-order valence-corrected chi connectivity index (χ0v) is 20.1. The average Bonchev–Trinajstić information content (AvgIpc) is 2.84. The maximum atomic E-state index is 12.7. The van der Waals surface area contributed by atoms with Crippen LogP contribution < -0.4 is 20.1 Å². The van der Waals surface area contributed by atoms with Gasteiger partial charge in [0.15, 0.2) is 0 Å². The number of hydrogen-bond donors (Lipinski definition) is 2. The summed E-state index contributed by atoms with van der Waals surface area (Å²) in [6, 6.07) is 18.9. The molecule has 0 saturated heterocycles. The lowest BCUT2D eigenvalue weighted by molar-refractivity contribution is -0.112. The van der Waals surface area contributed by atoms with E-state index in [1.807, 2.05) is 61.5 Å². The number of aryl methyl sites for hydroxylation is 1. The van der Waals surface area contributed by atoms with Crippen LogP contribution in [0.1, 0.15) is 27.0 Å². The Labute approximate surface area is 203 Å². The van der Waals surface area contributed by atoms with Crippen molar-refractivity contribution in [2.24, 2.45) is 0 Å². The number of carbonyl (C=O) groups excluding carboxylic acids is 2. The van der Waals surface area contributed by atoms with E-state index in [4.69, 9.17) is 9.47 Å². The van der Waals surface area contributed by atoms with Gasteiger partial charge in [-0.2, -0.15) is 0 Å². The van der Waals surface area contributed by atoms with Gasteiger partial charge in [-0.3, -0.25) is 9.59 Å². The zero-order chi connectivity index (χ0) is 24.1. The molecule has 2 amide bonds. The van der Waals surface area contributed by atoms with Crippen LogP contribution in [0, 0.1) is 6.92 Å². The third-order valence-electron chi connectivity index (χ3n) is 5.44. The third-order valence-corrected chi connectivity index (χ3v) is 6.54. The Morgan fingerprint density at radius 2 is 1.91 bits per heavy atom. The molecule has 0 aromatic heterocycles. The second-order valence-electron chi connectivity index (χ2n) is 7.87. The summed E-state index contributed by atoms with van der Waals surface area (Å²) in [7, 11) is 3.23. The van der Waals surface area contributed by atoms with Crippen LogP contribution in [0.2, 0.25) is 0 Å². The Hall–Kier alpha value is -3.71. The SMILES string of the molecule is COc1ccc(OC)c(CCNC(=O)c2ccc3c(c2)NC(=O)/C(=C\c2cccc(C)c2)S3)c1. The van der Waals surface area contributed by atoms with Crippen molar-refractivity contribution in [1.82, 2.24) is 5.32 Å². The van der Waals surface area contributed by atoms with E-state index >= 15 is 0 Å². The highest BCUT2D eigenvalue weighted by atomic mass is 32.2. The molecular weight excluding hydrogens is 448 g/mol. The Balaban J connectivity index is 1.42. The third kappa shape index (κ3) is 5.43. The minimum Gasteiger partial charge on any atom is -0.497 e. The molecule has 0 aliphatic carbocycles. The number of benzene rings is 3. The van der Waals surface area contributed by atoms with Gasteiger partial charge in [-0.25, -0.2) is 0 Å². The predicted molar refractivity (Wildman–Crippen MR) is 136 cm³/mol. The molecule has 1 aliphatic heterocycles. The molecule has 3 aromatic carbocycles. The van der Waals surface area contributed by atoms with Gasteiger partial charge in [0.1, 0.15) is 11.5 Å². The van der Waals surface area contributed by atoms with Crippen molar-refractivity contribution in [2.75, 3.05) is 26.1 Å². The summed E-state index contributed by atoms with van der Waals surface area (Å²) in [4.78, 5) is 26.9. The van der Waals surface area contributed by atoms with E-state index in [1.54, 1.807) is 26.4 Å². The first-order valence-corrected chi connectivity index (χ1v) is 11.7. The lowest BCUT2D eigenvalue weighted by Crippen LogP contribution is -2.26. The minimum absolute atomic E-state index is 0.179. The summed E-state index contributed by atoms with van der Waals surface area (Å²) in [6.45, 7) is 2.45. The van der Waals surface area contributed by atoms with Gasteiger partial charge in [0.05, 0.1) is 24.8 Å². The van der Waals surface area contributed by atoms with Gasteiger partial charge in [0.2, 0.25) is 0 Å². The van der Waals surface area contributed by atoms with E-state index in [-0.39, 0.29) is 11.8 Å². The highest BCUT2D eigenvalue weighted by Crippen LogP contribution is 2.39. The van der Waals surface area contributed by atoms with Crippen molar-refractivity contribution in [3.63, 3.8) is 0 Å². The molecule has 0 atom stereocenters. The van der Waals surface area contributed by atoms with Crippen LogP contribution in [0.3, 0.4) is 0 Å². The number of ether oxygens (including phenoxy) is 2. The topological polar surface area (TPSA) is 76.7 Å². The largest absolute Gasteiger partial charge is 0.497 e. The summed E-state index contributed by atoms with van der Waals surface area (Å²) in [6.07, 6.45) is 2.47. The fraction of sp³-hybridized carbons (Fsp3) is 0.185. The molecule has 0 bridgehead atoms. The van der Waals surface area contributed by atoms with Gasteiger partial charge in [0.25, 0.3) is 11.8 Å². The van der Waals surface area contributed by atoms with Gasteiger partial charge >= 0.3 is 0 Å². The molecule has 3 aromatic rings. The molecule has 2 N–H and O–H groups in total. The fourth-order valence-electron chi connectivity index (χ4n) is 3.70. The fourth-order valence-corrected chi connectivity index (χ4v) is 4.63. The standard InChI is InChI=1S/C27H26N2O4S/c1-17-5-4-6-18(13-17)14-25-27(31)29-22-16-20(7-10-24(22)34-25)26(30)28-12-11-19-15-21(32-2)8-9-23(19)33-3/h4-10,13-16H,11-12H2,1-3H3,(H,28,30)(H,29,31)/b25-14+. The molecule has 1 heterocycles. The zero-order valence-electron chi connectivity index (χ0n) is 19.3. The van der Waals surface area contributed by atoms with Crippen molar-refractivity contribution in [3.05, 3.63) is 87.8 Å². The Morgan fingerprint density at radius 3 is 2.68 bits per heavy atom. The van der Waals surface area contributed by atoms with E-state index < -0.39 is 0 Å². The molecule has 0 fully saturated rings. The summed E-state index contributed by atoms with van der Waals surface area (Å²) in [5, 5.41) is 5.85. The van der Waals surface area contributed by atoms with Gasteiger partial charge in [-0.15, -0.1) is 0 Å². The smallest absolute Gasteiger partial charge is 0.262 e. The highest BCUT2D eigenvalue weighted by molar-refractivity contribution is 8.04. The van der Waals surface area contributed by atoms with E-state index in [0.717, 1.165) is 33.1 Å². The first kappa shape index (κ1) is 23.4. The highest BCUT2D eigenvalue weighted by Gasteiger charge is 2.22. The first-order valence-electron chi connectivity index (χ1n) is 10.9. The van der Waals surface area contributed by atoms with Crippen molar-refractivity contribution in [1.29, 1.82) is 0 Å². The van der Waals surface area contributed by atoms with Crippen LogP contribution in [0.25, 0.3) is 6.08 Å². The van der Waals surface area contributed by atoms with Crippen LogP contribution in [-0.2, 0) is 11.2 Å². The van der Waals surface area contributed by atoms with Crippen molar-refractivity contribution < 1.29 is 19.1 Å². The molecule has 0 unspecified atom stereocenters. The molecule has 7 heteroatoms. The van der Waals surface area contributed by atoms with Crippen LogP contribution in [-0.4, -0.2) is 32.6 Å². The Bertz CT molecular complexity index is 1270. The van der Waals surface area contributed by atoms with Gasteiger partial charge in [-0.05, 0) is 66.9 Å². The summed E-state index contributed by atoms with van der Waals surface area (Å²) < 4.78 is 10.7. The minimum atomic E-state index is -0.204. The van der Waals surface area contributed by atoms with Crippen LogP contribution in [0.5, 0.6) is 11.5 Å². The quantitative estimate of drug-likeness (QED) is 0.468. The number of fused-ring (bicyclic) bond motifs is 1. The lowest BCUT2D eigenvalue weighted by atomic mass is 10.1. The molecule has 4 rings (SSSR count). The number of nitrogens with one attached hydrogen (secondary N) is 2. The predicted octanol–water partition coefficient (Wildman–Crippen LogP) is 5.07. The summed E-state index contributed by atoms with van der Waals surface area (Å²) >= 11 is 1.40. The second-order valence-corrected chi connectivity index (χ2v) is 8.96. The normalized spacial score (nSPS) is 13.7. The number of hydrogen-bond acceptors (Lipinski definition) is 5. The van der Waals surface area contributed by atoms with Gasteiger partial charge in [-0.1, -0.05) is 41.6 Å². The van der Waals surface area contributed by atoms with Crippen molar-refractivity contribution in [3.8, 4) is 11.5 Å². The van der Waals surface area contributed by atoms with Gasteiger partial charge < -0.3 is 20.1 Å². The molecule has 6 nitrogen and oxygen atoms in total. The average molecular weight is 475 g/mol. The maximum Gasteiger partial charge on any atom is 0.262 e. The molecule has 1 aliphatic rings. The monoisotopic (exact) mass is 474 g/mol. The number of thioether (sulfide) groups is 1. The molecule has 0 saturated carbocycles. The number of methoxy groups -OCH3 is 2. The number of carbonyl (C=O) groups is 2. The summed E-state index contributed by atoms with van der Waals surface area (Å²) in [5.41, 5.74) is 4.19. The van der Waals surface area contributed by atoms with Crippen LogP contribution in [0.15, 0.2) is 70.5 Å². The Morgan fingerprint density at radius 1 is 1.06 bits per heavy atom. The summed E-state index contributed by atoms with van der Waals surface area (Å²) in [5.74, 6) is 1.10. The first-order chi connectivity index (χ1) is 16.5. The number of amides is 2. The number of rotatable bonds is 7. The molecule has 0 spiro atoms. The van der Waals surface area contributed by atoms with Crippen molar-refractivity contribution in [2.45, 2.75) is 18.2 Å². The van der Waals surface area contributed by atoms with Crippen molar-refractivity contribution >= 4 is 35.3 Å². The number of anilines is 1. The van der Waals surface area contributed by atoms with Gasteiger partial charge in [0, 0.05) is 17.0 Å². The molecular formula is C27H26N2O4S. The second kappa shape index (κ2) is 10.5. The Kier molecular flexibility index (Phi) is 7.23. The molecule has 0 radical (unpaired) electrons. The van der Waals surface area contributed by atoms with E-state index in [0.29, 0.717) is 29.1 Å². The van der Waals surface area contributed by atoms with Crippen LogP contribution in [0.4, 0.5) is 5.69 Å².